The first kappa shape index (κ1) is 12.3. The molecule has 0 aliphatic carbocycles. The first-order valence-corrected chi connectivity index (χ1v) is 5.43. The molecule has 2 amide bonds. The van der Waals surface area contributed by atoms with Gasteiger partial charge in [-0.2, -0.15) is 0 Å². The van der Waals surface area contributed by atoms with Crippen molar-refractivity contribution in [3.05, 3.63) is 0 Å². The lowest BCUT2D eigenvalue weighted by Gasteiger charge is -2.32. The zero-order valence-electron chi connectivity index (χ0n) is 9.53. The van der Waals surface area contributed by atoms with Gasteiger partial charge in [-0.15, -0.1) is 0 Å². The molecule has 0 saturated carbocycles. The number of carbonyl (C=O) groups excluding carboxylic acids is 1. The van der Waals surface area contributed by atoms with E-state index in [4.69, 9.17) is 10.5 Å². The Morgan fingerprint density at radius 1 is 1.60 bits per heavy atom. The van der Waals surface area contributed by atoms with E-state index in [-0.39, 0.29) is 6.03 Å². The zero-order valence-corrected chi connectivity index (χ0v) is 9.53. The fraction of sp³-hybridized carbons (Fsp3) is 0.900. The zero-order chi connectivity index (χ0) is 11.3. The van der Waals surface area contributed by atoms with Gasteiger partial charge in [0.25, 0.3) is 0 Å². The minimum atomic E-state index is -0.307. The van der Waals surface area contributed by atoms with Gasteiger partial charge in [-0.3, -0.25) is 0 Å². The highest BCUT2D eigenvalue weighted by molar-refractivity contribution is 5.72. The summed E-state index contributed by atoms with van der Waals surface area (Å²) in [5.74, 6) is 0. The van der Waals surface area contributed by atoms with Crippen LogP contribution in [0.3, 0.4) is 0 Å². The molecule has 0 spiro atoms. The van der Waals surface area contributed by atoms with Gasteiger partial charge in [0.2, 0.25) is 0 Å². The normalized spacial score (nSPS) is 20.3. The summed E-state index contributed by atoms with van der Waals surface area (Å²) in [6, 6.07) is 0.532. The summed E-state index contributed by atoms with van der Waals surface area (Å²) in [6.45, 7) is 4.33. The number of nitrogens with two attached hydrogens (primary N) is 1. The molecule has 1 heterocycles. The largest absolute Gasteiger partial charge is 0.383 e. The number of rotatable bonds is 4. The number of nitrogens with one attached hydrogen (secondary N) is 1. The Labute approximate surface area is 90.9 Å². The first-order chi connectivity index (χ1) is 7.13. The van der Waals surface area contributed by atoms with Gasteiger partial charge >= 0.3 is 6.03 Å². The van der Waals surface area contributed by atoms with Crippen LogP contribution in [0.2, 0.25) is 0 Å². The number of ether oxygens (including phenoxy) is 1. The average Bonchev–Trinajstić information content (AvgIpc) is 2.18. The summed E-state index contributed by atoms with van der Waals surface area (Å²) in [5.41, 5.74) is 5.21. The van der Waals surface area contributed by atoms with E-state index in [0.717, 1.165) is 32.5 Å². The number of nitrogens with zero attached hydrogens (tertiary/aromatic N) is 1. The molecule has 1 fully saturated rings. The van der Waals surface area contributed by atoms with Crippen LogP contribution in [-0.2, 0) is 4.74 Å². The smallest absolute Gasteiger partial charge is 0.314 e. The molecule has 1 aliphatic heterocycles. The van der Waals surface area contributed by atoms with Crippen LogP contribution in [0.1, 0.15) is 19.8 Å². The molecule has 3 N–H and O–H groups in total. The van der Waals surface area contributed by atoms with Gasteiger partial charge < -0.3 is 20.7 Å². The van der Waals surface area contributed by atoms with Gasteiger partial charge in [-0.05, 0) is 19.8 Å². The molecule has 0 aromatic heterocycles. The van der Waals surface area contributed by atoms with Crippen molar-refractivity contribution >= 4 is 6.03 Å². The van der Waals surface area contributed by atoms with Crippen LogP contribution in [-0.4, -0.2) is 49.8 Å². The second-order valence-electron chi connectivity index (χ2n) is 4.12. The monoisotopic (exact) mass is 215 g/mol. The molecule has 1 saturated heterocycles. The van der Waals surface area contributed by atoms with Crippen LogP contribution in [0.5, 0.6) is 0 Å². The van der Waals surface area contributed by atoms with E-state index >= 15 is 0 Å². The molecule has 15 heavy (non-hydrogen) atoms. The summed E-state index contributed by atoms with van der Waals surface area (Å²) < 4.78 is 5.06. The maximum Gasteiger partial charge on any atom is 0.314 e. The standard InChI is InChI=1S/C10H21N3O2/c1-8(7-15-2)12-9-3-5-13(6-4-9)10(11)14/h8-9,12H,3-7H2,1-2H3,(H2,11,14). The van der Waals surface area contributed by atoms with Gasteiger partial charge in [0.05, 0.1) is 6.61 Å². The molecule has 0 aromatic rings. The summed E-state index contributed by atoms with van der Waals surface area (Å²) in [7, 11) is 1.70. The van der Waals surface area contributed by atoms with Gasteiger partial charge in [0, 0.05) is 32.3 Å². The van der Waals surface area contributed by atoms with E-state index in [9.17, 15) is 4.79 Å². The van der Waals surface area contributed by atoms with Crippen LogP contribution in [0.4, 0.5) is 4.79 Å². The van der Waals surface area contributed by atoms with E-state index < -0.39 is 0 Å². The number of urea groups is 1. The Morgan fingerprint density at radius 3 is 2.67 bits per heavy atom. The van der Waals surface area contributed by atoms with Crippen molar-refractivity contribution in [1.82, 2.24) is 10.2 Å². The fourth-order valence-corrected chi connectivity index (χ4v) is 1.97. The van der Waals surface area contributed by atoms with Crippen LogP contribution < -0.4 is 11.1 Å². The summed E-state index contributed by atoms with van der Waals surface area (Å²) in [5, 5.41) is 3.48. The van der Waals surface area contributed by atoms with Crippen LogP contribution in [0.15, 0.2) is 0 Å². The van der Waals surface area contributed by atoms with Crippen molar-refractivity contribution in [2.24, 2.45) is 5.73 Å². The maximum atomic E-state index is 10.9. The second-order valence-corrected chi connectivity index (χ2v) is 4.12. The van der Waals surface area contributed by atoms with Crippen LogP contribution >= 0.6 is 0 Å². The number of hydrogen-bond acceptors (Lipinski definition) is 3. The van der Waals surface area contributed by atoms with Gasteiger partial charge in [0.1, 0.15) is 0 Å². The van der Waals surface area contributed by atoms with Gasteiger partial charge in [0.15, 0.2) is 0 Å². The van der Waals surface area contributed by atoms with Crippen molar-refractivity contribution in [3.63, 3.8) is 0 Å². The number of amides is 2. The minimum Gasteiger partial charge on any atom is -0.383 e. The molecule has 1 aliphatic rings. The molecule has 0 aromatic carbocycles. The third kappa shape index (κ3) is 4.05. The fourth-order valence-electron chi connectivity index (χ4n) is 1.97. The van der Waals surface area contributed by atoms with E-state index in [1.54, 1.807) is 12.0 Å². The van der Waals surface area contributed by atoms with Crippen LogP contribution in [0, 0.1) is 0 Å². The highest BCUT2D eigenvalue weighted by Gasteiger charge is 2.21. The number of methoxy groups -OCH3 is 1. The maximum absolute atomic E-state index is 10.9. The molecular weight excluding hydrogens is 194 g/mol. The lowest BCUT2D eigenvalue weighted by molar-refractivity contribution is 0.150. The molecule has 1 unspecified atom stereocenters. The Morgan fingerprint density at radius 2 is 2.20 bits per heavy atom. The summed E-state index contributed by atoms with van der Waals surface area (Å²) >= 11 is 0. The molecule has 0 bridgehead atoms. The van der Waals surface area contributed by atoms with E-state index in [2.05, 4.69) is 12.2 Å². The van der Waals surface area contributed by atoms with Crippen molar-refractivity contribution in [3.8, 4) is 0 Å². The topological polar surface area (TPSA) is 67.6 Å². The highest BCUT2D eigenvalue weighted by atomic mass is 16.5. The number of carbonyl (C=O) groups is 1. The highest BCUT2D eigenvalue weighted by Crippen LogP contribution is 2.10. The SMILES string of the molecule is COCC(C)NC1CCN(C(N)=O)CC1. The van der Waals surface area contributed by atoms with Gasteiger partial charge in [-0.1, -0.05) is 0 Å². The number of primary amides is 1. The molecule has 88 valence electrons. The molecule has 5 nitrogen and oxygen atoms in total. The van der Waals surface area contributed by atoms with Crippen molar-refractivity contribution in [2.75, 3.05) is 26.8 Å². The average molecular weight is 215 g/mol. The van der Waals surface area contributed by atoms with E-state index in [1.165, 1.54) is 0 Å². The number of piperidine rings is 1. The predicted octanol–water partition coefficient (Wildman–Crippen LogP) is 0.154. The Kier molecular flexibility index (Phi) is 4.84. The molecule has 0 radical (unpaired) electrons. The van der Waals surface area contributed by atoms with Crippen molar-refractivity contribution < 1.29 is 9.53 Å². The summed E-state index contributed by atoms with van der Waals surface area (Å²) in [4.78, 5) is 12.6. The molecule has 5 heteroatoms. The lowest BCUT2D eigenvalue weighted by Crippen LogP contribution is -2.49. The second kappa shape index (κ2) is 5.92. The van der Waals surface area contributed by atoms with E-state index in [0.29, 0.717) is 12.1 Å². The molecule has 1 atom stereocenters. The van der Waals surface area contributed by atoms with E-state index in [1.807, 2.05) is 0 Å². The van der Waals surface area contributed by atoms with Crippen molar-refractivity contribution in [1.29, 1.82) is 0 Å². The first-order valence-electron chi connectivity index (χ1n) is 5.43. The lowest BCUT2D eigenvalue weighted by atomic mass is 10.0. The summed E-state index contributed by atoms with van der Waals surface area (Å²) in [6.07, 6.45) is 1.94. The van der Waals surface area contributed by atoms with Crippen molar-refractivity contribution in [2.45, 2.75) is 31.8 Å². The Balaban J connectivity index is 2.22. The van der Waals surface area contributed by atoms with Gasteiger partial charge in [-0.25, -0.2) is 4.79 Å². The Bertz CT molecular complexity index is 203. The number of likely N-dealkylation sites (tertiary alicyclic amines) is 1. The van der Waals surface area contributed by atoms with Crippen LogP contribution in [0.25, 0.3) is 0 Å². The Hall–Kier alpha value is -0.810. The third-order valence-electron chi connectivity index (χ3n) is 2.74. The molecular formula is C10H21N3O2. The predicted molar refractivity (Wildman–Crippen MR) is 58.7 cm³/mol. The third-order valence-corrected chi connectivity index (χ3v) is 2.74. The number of hydrogen-bond donors (Lipinski definition) is 2. The molecule has 1 rings (SSSR count). The quantitative estimate of drug-likeness (QED) is 0.701. The minimum absolute atomic E-state index is 0.307.